The van der Waals surface area contributed by atoms with Crippen molar-refractivity contribution in [3.63, 3.8) is 0 Å². The maximum Gasteiger partial charge on any atom is 0.323 e. The molecule has 0 radical (unpaired) electrons. The van der Waals surface area contributed by atoms with Gasteiger partial charge in [0.05, 0.1) is 6.61 Å². The van der Waals surface area contributed by atoms with Crippen LogP contribution in [0.1, 0.15) is 6.92 Å². The van der Waals surface area contributed by atoms with Crippen LogP contribution < -0.4 is 5.32 Å². The van der Waals surface area contributed by atoms with Crippen LogP contribution in [0.5, 0.6) is 0 Å². The largest absolute Gasteiger partial charge is 0.465 e. The van der Waals surface area contributed by atoms with E-state index in [1.807, 2.05) is 13.0 Å². The molecule has 0 saturated carbocycles. The van der Waals surface area contributed by atoms with Gasteiger partial charge in [0.2, 0.25) is 0 Å². The SMILES string of the molecule is CCOC(=O)C1NCC2=CC=NCC21. The summed E-state index contributed by atoms with van der Waals surface area (Å²) in [5.41, 5.74) is 1.26. The van der Waals surface area contributed by atoms with Gasteiger partial charge < -0.3 is 10.1 Å². The highest BCUT2D eigenvalue weighted by atomic mass is 16.5. The molecular formula is C10H14N2O2. The fraction of sp³-hybridized carbons (Fsp3) is 0.600. The molecule has 0 aromatic heterocycles. The van der Waals surface area contributed by atoms with Crippen molar-refractivity contribution in [1.82, 2.24) is 5.32 Å². The van der Waals surface area contributed by atoms with E-state index >= 15 is 0 Å². The van der Waals surface area contributed by atoms with Crippen LogP contribution in [-0.2, 0) is 9.53 Å². The fourth-order valence-corrected chi connectivity index (χ4v) is 1.92. The molecule has 2 rings (SSSR count). The molecule has 4 heteroatoms. The lowest BCUT2D eigenvalue weighted by molar-refractivity contribution is -0.146. The van der Waals surface area contributed by atoms with Gasteiger partial charge in [0.1, 0.15) is 6.04 Å². The predicted octanol–water partition coefficient (Wildman–Crippen LogP) is 0.148. The summed E-state index contributed by atoms with van der Waals surface area (Å²) in [5, 5.41) is 3.16. The van der Waals surface area contributed by atoms with E-state index in [9.17, 15) is 4.79 Å². The number of esters is 1. The van der Waals surface area contributed by atoms with E-state index in [0.717, 1.165) is 6.54 Å². The van der Waals surface area contributed by atoms with Gasteiger partial charge in [0, 0.05) is 25.2 Å². The second-order valence-corrected chi connectivity index (χ2v) is 3.47. The van der Waals surface area contributed by atoms with Crippen molar-refractivity contribution < 1.29 is 9.53 Å². The van der Waals surface area contributed by atoms with Gasteiger partial charge in [-0.3, -0.25) is 9.79 Å². The minimum atomic E-state index is -0.196. The quantitative estimate of drug-likeness (QED) is 0.636. The summed E-state index contributed by atoms with van der Waals surface area (Å²) < 4.78 is 4.99. The van der Waals surface area contributed by atoms with E-state index in [0.29, 0.717) is 13.2 Å². The molecule has 14 heavy (non-hydrogen) atoms. The number of nitrogens with zero attached hydrogens (tertiary/aromatic N) is 1. The lowest BCUT2D eigenvalue weighted by atomic mass is 9.94. The number of hydrogen-bond acceptors (Lipinski definition) is 4. The van der Waals surface area contributed by atoms with E-state index < -0.39 is 0 Å². The van der Waals surface area contributed by atoms with E-state index in [-0.39, 0.29) is 17.9 Å². The summed E-state index contributed by atoms with van der Waals surface area (Å²) in [7, 11) is 0. The van der Waals surface area contributed by atoms with Gasteiger partial charge in [-0.1, -0.05) is 0 Å². The average Bonchev–Trinajstić information content (AvgIpc) is 2.61. The van der Waals surface area contributed by atoms with Crippen LogP contribution in [-0.4, -0.2) is 37.9 Å². The van der Waals surface area contributed by atoms with Gasteiger partial charge in [0.15, 0.2) is 0 Å². The van der Waals surface area contributed by atoms with Crippen molar-refractivity contribution in [3.8, 4) is 0 Å². The Kier molecular flexibility index (Phi) is 2.63. The fourth-order valence-electron chi connectivity index (χ4n) is 1.92. The number of dihydropyridines is 1. The van der Waals surface area contributed by atoms with Crippen LogP contribution in [0.2, 0.25) is 0 Å². The lowest BCUT2D eigenvalue weighted by Gasteiger charge is -2.18. The van der Waals surface area contributed by atoms with Crippen LogP contribution in [0.3, 0.4) is 0 Å². The van der Waals surface area contributed by atoms with E-state index in [1.165, 1.54) is 5.57 Å². The Bertz CT molecular complexity index is 296. The summed E-state index contributed by atoms with van der Waals surface area (Å²) in [6.07, 6.45) is 3.79. The number of carbonyl (C=O) groups is 1. The molecule has 0 spiro atoms. The Morgan fingerprint density at radius 2 is 2.64 bits per heavy atom. The summed E-state index contributed by atoms with van der Waals surface area (Å²) in [6.45, 7) is 3.73. The summed E-state index contributed by atoms with van der Waals surface area (Å²) in [5.74, 6) is 0.0528. The lowest BCUT2D eigenvalue weighted by Crippen LogP contribution is -2.38. The van der Waals surface area contributed by atoms with E-state index in [2.05, 4.69) is 10.3 Å². The molecule has 1 fully saturated rings. The zero-order valence-corrected chi connectivity index (χ0v) is 8.19. The highest BCUT2D eigenvalue weighted by molar-refractivity contribution is 5.80. The molecule has 1 N–H and O–H groups in total. The monoisotopic (exact) mass is 194 g/mol. The van der Waals surface area contributed by atoms with Gasteiger partial charge in [-0.25, -0.2) is 0 Å². The highest BCUT2D eigenvalue weighted by Gasteiger charge is 2.37. The number of ether oxygens (including phenoxy) is 1. The first-order valence-corrected chi connectivity index (χ1v) is 4.92. The zero-order chi connectivity index (χ0) is 9.97. The molecule has 0 bridgehead atoms. The number of allylic oxidation sites excluding steroid dienone is 1. The topological polar surface area (TPSA) is 50.7 Å². The normalized spacial score (nSPS) is 29.6. The molecule has 1 saturated heterocycles. The minimum absolute atomic E-state index is 0.155. The molecule has 2 aliphatic rings. The molecule has 0 aromatic carbocycles. The summed E-state index contributed by atoms with van der Waals surface area (Å²) in [6, 6.07) is -0.196. The number of aliphatic imine (C=N–C) groups is 1. The number of rotatable bonds is 2. The average molecular weight is 194 g/mol. The molecule has 2 aliphatic heterocycles. The van der Waals surface area contributed by atoms with Crippen LogP contribution in [0.15, 0.2) is 16.6 Å². The third-order valence-corrected chi connectivity index (χ3v) is 2.64. The van der Waals surface area contributed by atoms with Gasteiger partial charge >= 0.3 is 5.97 Å². The molecule has 4 nitrogen and oxygen atoms in total. The Labute approximate surface area is 83.0 Å². The third kappa shape index (κ3) is 1.57. The first-order valence-electron chi connectivity index (χ1n) is 4.92. The second kappa shape index (κ2) is 3.92. The number of fused-ring (bicyclic) bond motifs is 1. The van der Waals surface area contributed by atoms with Gasteiger partial charge in [0.25, 0.3) is 0 Å². The molecule has 0 aromatic rings. The van der Waals surface area contributed by atoms with E-state index in [1.54, 1.807) is 6.21 Å². The Hall–Kier alpha value is -1.16. The molecule has 0 amide bonds. The van der Waals surface area contributed by atoms with Crippen molar-refractivity contribution >= 4 is 12.2 Å². The molecular weight excluding hydrogens is 180 g/mol. The Morgan fingerprint density at radius 3 is 3.43 bits per heavy atom. The first-order chi connectivity index (χ1) is 6.83. The van der Waals surface area contributed by atoms with Crippen molar-refractivity contribution in [2.24, 2.45) is 10.9 Å². The standard InChI is InChI=1S/C10H14N2O2/c1-2-14-10(13)9-8-6-11-4-3-7(8)5-12-9/h3-4,8-9,12H,2,5-6H2,1H3. The predicted molar refractivity (Wildman–Crippen MR) is 53.4 cm³/mol. The first kappa shape index (κ1) is 9.40. The Balaban J connectivity index is 2.06. The molecule has 2 heterocycles. The van der Waals surface area contributed by atoms with Gasteiger partial charge in [-0.2, -0.15) is 0 Å². The van der Waals surface area contributed by atoms with Crippen LogP contribution in [0.4, 0.5) is 0 Å². The number of hydrogen-bond donors (Lipinski definition) is 1. The van der Waals surface area contributed by atoms with Crippen molar-refractivity contribution in [1.29, 1.82) is 0 Å². The Morgan fingerprint density at radius 1 is 1.79 bits per heavy atom. The van der Waals surface area contributed by atoms with Crippen molar-refractivity contribution in [2.45, 2.75) is 13.0 Å². The second-order valence-electron chi connectivity index (χ2n) is 3.47. The molecule has 2 atom stereocenters. The summed E-state index contributed by atoms with van der Waals surface area (Å²) in [4.78, 5) is 15.7. The maximum atomic E-state index is 11.5. The van der Waals surface area contributed by atoms with Gasteiger partial charge in [-0.05, 0) is 18.6 Å². The zero-order valence-electron chi connectivity index (χ0n) is 8.19. The summed E-state index contributed by atoms with van der Waals surface area (Å²) >= 11 is 0. The van der Waals surface area contributed by atoms with Gasteiger partial charge in [-0.15, -0.1) is 0 Å². The number of nitrogens with one attached hydrogen (secondary N) is 1. The van der Waals surface area contributed by atoms with Crippen LogP contribution in [0, 0.1) is 5.92 Å². The van der Waals surface area contributed by atoms with Crippen LogP contribution >= 0.6 is 0 Å². The highest BCUT2D eigenvalue weighted by Crippen LogP contribution is 2.24. The minimum Gasteiger partial charge on any atom is -0.465 e. The molecule has 2 unspecified atom stereocenters. The maximum absolute atomic E-state index is 11.5. The molecule has 76 valence electrons. The third-order valence-electron chi connectivity index (χ3n) is 2.64. The van der Waals surface area contributed by atoms with Crippen molar-refractivity contribution in [3.05, 3.63) is 11.6 Å². The van der Waals surface area contributed by atoms with Crippen LogP contribution in [0.25, 0.3) is 0 Å². The van der Waals surface area contributed by atoms with Crippen molar-refractivity contribution in [2.75, 3.05) is 19.7 Å². The molecule has 0 aliphatic carbocycles. The smallest absolute Gasteiger partial charge is 0.323 e. The van der Waals surface area contributed by atoms with E-state index in [4.69, 9.17) is 4.74 Å². The number of carbonyl (C=O) groups excluding carboxylic acids is 1.